The van der Waals surface area contributed by atoms with Crippen LogP contribution < -0.4 is 0 Å². The van der Waals surface area contributed by atoms with Crippen molar-refractivity contribution in [3.63, 3.8) is 0 Å². The van der Waals surface area contributed by atoms with Gasteiger partial charge in [0.05, 0.1) is 6.54 Å². The van der Waals surface area contributed by atoms with Crippen molar-refractivity contribution in [2.24, 2.45) is 0 Å². The number of unbranched alkanes of at least 4 members (excludes halogenated alkanes) is 2. The highest BCUT2D eigenvalue weighted by Crippen LogP contribution is 2.02. The van der Waals surface area contributed by atoms with Crippen LogP contribution in [-0.2, 0) is 9.59 Å². The third-order valence-corrected chi connectivity index (χ3v) is 3.14. The number of rotatable bonds is 10. The van der Waals surface area contributed by atoms with Crippen LogP contribution in [0.15, 0.2) is 0 Å². The van der Waals surface area contributed by atoms with E-state index in [2.05, 4.69) is 20.8 Å². The Morgan fingerprint density at radius 3 is 1.79 bits per heavy atom. The van der Waals surface area contributed by atoms with Gasteiger partial charge in [-0.3, -0.25) is 9.59 Å². The highest BCUT2D eigenvalue weighted by molar-refractivity contribution is 5.83. The van der Waals surface area contributed by atoms with Crippen LogP contribution in [-0.4, -0.2) is 47.8 Å². The highest BCUT2D eigenvalue weighted by atomic mass is 16.2. The Bertz CT molecular complexity index is 261. The van der Waals surface area contributed by atoms with Crippen LogP contribution in [0.3, 0.4) is 0 Å². The SMILES string of the molecule is CCCCCN(CC(=O)N(CCC)CCC)C(C)=O. The van der Waals surface area contributed by atoms with E-state index in [1.54, 1.807) is 11.8 Å². The lowest BCUT2D eigenvalue weighted by Gasteiger charge is -2.26. The van der Waals surface area contributed by atoms with Gasteiger partial charge in [-0.05, 0) is 19.3 Å². The summed E-state index contributed by atoms with van der Waals surface area (Å²) in [5.74, 6) is 0.0767. The molecular formula is C15H30N2O2. The molecule has 0 saturated heterocycles. The van der Waals surface area contributed by atoms with Gasteiger partial charge in [-0.25, -0.2) is 0 Å². The highest BCUT2D eigenvalue weighted by Gasteiger charge is 2.17. The molecule has 0 heterocycles. The summed E-state index contributed by atoms with van der Waals surface area (Å²) < 4.78 is 0. The number of hydrogen-bond acceptors (Lipinski definition) is 2. The maximum absolute atomic E-state index is 12.2. The number of carbonyl (C=O) groups is 2. The lowest BCUT2D eigenvalue weighted by atomic mass is 10.2. The van der Waals surface area contributed by atoms with Gasteiger partial charge in [0, 0.05) is 26.6 Å². The normalized spacial score (nSPS) is 10.3. The second-order valence-corrected chi connectivity index (χ2v) is 5.03. The standard InChI is InChI=1S/C15H30N2O2/c1-5-8-9-12-17(14(4)18)13-15(19)16(10-6-2)11-7-3/h5-13H2,1-4H3. The Balaban J connectivity index is 4.37. The van der Waals surface area contributed by atoms with Gasteiger partial charge in [0.15, 0.2) is 0 Å². The molecule has 0 bridgehead atoms. The molecule has 0 aliphatic heterocycles. The van der Waals surface area contributed by atoms with Crippen LogP contribution in [0.5, 0.6) is 0 Å². The van der Waals surface area contributed by atoms with E-state index in [0.29, 0.717) is 6.54 Å². The van der Waals surface area contributed by atoms with Crippen LogP contribution in [0, 0.1) is 0 Å². The van der Waals surface area contributed by atoms with E-state index in [1.165, 1.54) is 0 Å². The van der Waals surface area contributed by atoms with Crippen molar-refractivity contribution in [3.05, 3.63) is 0 Å². The minimum absolute atomic E-state index is 0.00241. The summed E-state index contributed by atoms with van der Waals surface area (Å²) in [7, 11) is 0. The summed E-state index contributed by atoms with van der Waals surface area (Å²) in [4.78, 5) is 27.3. The van der Waals surface area contributed by atoms with Gasteiger partial charge in [0.2, 0.25) is 11.8 Å². The summed E-state index contributed by atoms with van der Waals surface area (Å²) in [6.07, 6.45) is 5.12. The second kappa shape index (κ2) is 10.8. The Kier molecular flexibility index (Phi) is 10.2. The molecule has 0 radical (unpaired) electrons. The van der Waals surface area contributed by atoms with Crippen LogP contribution in [0.1, 0.15) is 59.8 Å². The molecule has 0 fully saturated rings. The first kappa shape index (κ1) is 17.9. The smallest absolute Gasteiger partial charge is 0.242 e. The lowest BCUT2D eigenvalue weighted by Crippen LogP contribution is -2.43. The first-order valence-electron chi connectivity index (χ1n) is 7.60. The van der Waals surface area contributed by atoms with Crippen LogP contribution in [0.25, 0.3) is 0 Å². The third kappa shape index (κ3) is 7.85. The Labute approximate surface area is 118 Å². The molecule has 0 saturated carbocycles. The molecule has 0 aromatic heterocycles. The summed E-state index contributed by atoms with van der Waals surface area (Å²) >= 11 is 0. The van der Waals surface area contributed by atoms with Crippen molar-refractivity contribution in [1.29, 1.82) is 0 Å². The molecule has 4 nitrogen and oxygen atoms in total. The molecule has 0 aliphatic carbocycles. The zero-order chi connectivity index (χ0) is 14.7. The van der Waals surface area contributed by atoms with E-state index in [9.17, 15) is 9.59 Å². The van der Waals surface area contributed by atoms with Gasteiger partial charge in [-0.15, -0.1) is 0 Å². The Morgan fingerprint density at radius 1 is 0.789 bits per heavy atom. The fourth-order valence-corrected chi connectivity index (χ4v) is 2.06. The molecular weight excluding hydrogens is 240 g/mol. The molecule has 2 amide bonds. The van der Waals surface area contributed by atoms with E-state index >= 15 is 0 Å². The molecule has 0 unspecified atom stereocenters. The molecule has 0 aromatic rings. The van der Waals surface area contributed by atoms with Crippen molar-refractivity contribution in [1.82, 2.24) is 9.80 Å². The number of nitrogens with zero attached hydrogens (tertiary/aromatic N) is 2. The second-order valence-electron chi connectivity index (χ2n) is 5.03. The number of carbonyl (C=O) groups excluding carboxylic acids is 2. The van der Waals surface area contributed by atoms with E-state index in [0.717, 1.165) is 45.2 Å². The minimum atomic E-state index is -0.00241. The van der Waals surface area contributed by atoms with E-state index in [4.69, 9.17) is 0 Å². The van der Waals surface area contributed by atoms with Crippen LogP contribution in [0.4, 0.5) is 0 Å². The molecule has 4 heteroatoms. The van der Waals surface area contributed by atoms with E-state index < -0.39 is 0 Å². The molecule has 0 spiro atoms. The summed E-state index contributed by atoms with van der Waals surface area (Å²) in [5, 5.41) is 0. The number of amides is 2. The van der Waals surface area contributed by atoms with E-state index in [-0.39, 0.29) is 18.4 Å². The van der Waals surface area contributed by atoms with Crippen LogP contribution in [0.2, 0.25) is 0 Å². The average molecular weight is 270 g/mol. The first-order chi connectivity index (χ1) is 9.06. The molecule has 19 heavy (non-hydrogen) atoms. The maximum Gasteiger partial charge on any atom is 0.242 e. The summed E-state index contributed by atoms with van der Waals surface area (Å²) in [6, 6.07) is 0. The average Bonchev–Trinajstić information content (AvgIpc) is 2.37. The fraction of sp³-hybridized carbons (Fsp3) is 0.867. The largest absolute Gasteiger partial charge is 0.341 e. The van der Waals surface area contributed by atoms with Gasteiger partial charge < -0.3 is 9.80 Å². The van der Waals surface area contributed by atoms with Crippen molar-refractivity contribution in [3.8, 4) is 0 Å². The fourth-order valence-electron chi connectivity index (χ4n) is 2.06. The number of hydrogen-bond donors (Lipinski definition) is 0. The van der Waals surface area contributed by atoms with Gasteiger partial charge >= 0.3 is 0 Å². The monoisotopic (exact) mass is 270 g/mol. The zero-order valence-electron chi connectivity index (χ0n) is 13.1. The molecule has 0 aromatic carbocycles. The molecule has 112 valence electrons. The third-order valence-electron chi connectivity index (χ3n) is 3.14. The maximum atomic E-state index is 12.2. The van der Waals surface area contributed by atoms with Gasteiger partial charge in [0.25, 0.3) is 0 Å². The van der Waals surface area contributed by atoms with Crippen molar-refractivity contribution >= 4 is 11.8 Å². The predicted octanol–water partition coefficient (Wildman–Crippen LogP) is 2.67. The van der Waals surface area contributed by atoms with Gasteiger partial charge in [0.1, 0.15) is 0 Å². The van der Waals surface area contributed by atoms with E-state index in [1.807, 2.05) is 4.90 Å². The molecule has 0 aliphatic rings. The predicted molar refractivity (Wildman–Crippen MR) is 78.9 cm³/mol. The van der Waals surface area contributed by atoms with Crippen molar-refractivity contribution in [2.45, 2.75) is 59.8 Å². The Morgan fingerprint density at radius 2 is 1.37 bits per heavy atom. The first-order valence-corrected chi connectivity index (χ1v) is 7.60. The van der Waals surface area contributed by atoms with Gasteiger partial charge in [-0.2, -0.15) is 0 Å². The topological polar surface area (TPSA) is 40.6 Å². The van der Waals surface area contributed by atoms with Gasteiger partial charge in [-0.1, -0.05) is 33.6 Å². The quantitative estimate of drug-likeness (QED) is 0.573. The van der Waals surface area contributed by atoms with Crippen molar-refractivity contribution in [2.75, 3.05) is 26.2 Å². The molecule has 0 N–H and O–H groups in total. The van der Waals surface area contributed by atoms with Crippen molar-refractivity contribution < 1.29 is 9.59 Å². The van der Waals surface area contributed by atoms with Crippen LogP contribution >= 0.6 is 0 Å². The zero-order valence-corrected chi connectivity index (χ0v) is 13.1. The lowest BCUT2D eigenvalue weighted by molar-refractivity contribution is -0.139. The summed E-state index contributed by atoms with van der Waals surface area (Å²) in [6.45, 7) is 10.3. The Hall–Kier alpha value is -1.06. The molecule has 0 rings (SSSR count). The summed E-state index contributed by atoms with van der Waals surface area (Å²) in [5.41, 5.74) is 0. The minimum Gasteiger partial charge on any atom is -0.341 e. The molecule has 0 atom stereocenters.